The van der Waals surface area contributed by atoms with E-state index in [2.05, 4.69) is 0 Å². The van der Waals surface area contributed by atoms with Gasteiger partial charge in [-0.1, -0.05) is 121 Å². The lowest BCUT2D eigenvalue weighted by Gasteiger charge is -2.25. The summed E-state index contributed by atoms with van der Waals surface area (Å²) in [6.07, 6.45) is 0.552. The molecule has 184 valence electrons. The predicted molar refractivity (Wildman–Crippen MR) is 143 cm³/mol. The van der Waals surface area contributed by atoms with Gasteiger partial charge in [0.25, 0.3) is 0 Å². The number of ether oxygens (including phenoxy) is 1. The highest BCUT2D eigenvalue weighted by Gasteiger charge is 2.21. The van der Waals surface area contributed by atoms with E-state index in [4.69, 9.17) is 9.57 Å². The molecule has 5 rings (SSSR count). The van der Waals surface area contributed by atoms with E-state index in [-0.39, 0.29) is 17.8 Å². The molecule has 0 aliphatic heterocycles. The Balaban J connectivity index is 1.55. The van der Waals surface area contributed by atoms with Crippen molar-refractivity contribution in [2.24, 2.45) is 0 Å². The number of hydrogen-bond acceptors (Lipinski definition) is 4. The van der Waals surface area contributed by atoms with Crippen molar-refractivity contribution in [1.29, 1.82) is 0 Å². The van der Waals surface area contributed by atoms with Crippen LogP contribution in [-0.4, -0.2) is 9.84 Å². The maximum absolute atomic E-state index is 13.1. The van der Waals surface area contributed by atoms with Crippen LogP contribution in [0.3, 0.4) is 0 Å². The molecule has 4 aromatic carbocycles. The molecule has 0 aliphatic rings. The van der Waals surface area contributed by atoms with Crippen molar-refractivity contribution in [3.8, 4) is 5.75 Å². The lowest BCUT2D eigenvalue weighted by molar-refractivity contribution is 0.0443. The molecule has 0 radical (unpaired) electrons. The first-order chi connectivity index (χ1) is 18.2. The van der Waals surface area contributed by atoms with E-state index in [1.165, 1.54) is 17.0 Å². The monoisotopic (exact) mass is 489 g/mol. The van der Waals surface area contributed by atoms with Crippen molar-refractivity contribution in [2.75, 3.05) is 0 Å². The van der Waals surface area contributed by atoms with E-state index in [0.29, 0.717) is 5.69 Å². The molecule has 0 amide bonds. The molecule has 0 bridgehead atoms. The normalized spacial score (nSPS) is 11.0. The van der Waals surface area contributed by atoms with Crippen LogP contribution in [0.5, 0.6) is 5.75 Å². The average molecular weight is 490 g/mol. The summed E-state index contributed by atoms with van der Waals surface area (Å²) in [5, 5.41) is 10.0. The van der Waals surface area contributed by atoms with E-state index in [1.807, 2.05) is 121 Å². The van der Waals surface area contributed by atoms with Gasteiger partial charge in [0.1, 0.15) is 6.10 Å². The van der Waals surface area contributed by atoms with Crippen molar-refractivity contribution in [2.45, 2.75) is 18.8 Å². The van der Waals surface area contributed by atoms with Gasteiger partial charge in [-0.2, -0.15) is 4.73 Å². The highest BCUT2D eigenvalue weighted by molar-refractivity contribution is 5.34. The van der Waals surface area contributed by atoms with Gasteiger partial charge in [0, 0.05) is 6.07 Å². The molecule has 1 N–H and O–H groups in total. The van der Waals surface area contributed by atoms with Gasteiger partial charge in [0.15, 0.2) is 11.9 Å². The fourth-order valence-corrected chi connectivity index (χ4v) is 4.24. The topological polar surface area (TPSA) is 60.7 Å². The minimum atomic E-state index is -0.498. The summed E-state index contributed by atoms with van der Waals surface area (Å²) in [4.78, 5) is 19.5. The van der Waals surface area contributed by atoms with Gasteiger partial charge < -0.3 is 14.7 Å². The number of aromatic nitrogens is 1. The number of nitrogens with zero attached hydrogens (tertiary/aromatic N) is 1. The fourth-order valence-electron chi connectivity index (χ4n) is 4.24. The zero-order chi connectivity index (χ0) is 25.5. The Hall–Kier alpha value is -4.61. The van der Waals surface area contributed by atoms with E-state index < -0.39 is 12.2 Å². The third-order valence-electron chi connectivity index (χ3n) is 6.09. The predicted octanol–water partition coefficient (Wildman–Crippen LogP) is 5.73. The molecule has 0 atom stereocenters. The molecule has 0 spiro atoms. The Labute approximate surface area is 215 Å². The van der Waals surface area contributed by atoms with Crippen LogP contribution in [0.4, 0.5) is 0 Å². The maximum Gasteiger partial charge on any atom is 0.224 e. The smallest absolute Gasteiger partial charge is 0.224 e. The van der Waals surface area contributed by atoms with Gasteiger partial charge >= 0.3 is 0 Å². The van der Waals surface area contributed by atoms with Gasteiger partial charge in [-0.15, -0.1) is 0 Å². The first kappa shape index (κ1) is 24.1. The molecule has 5 nitrogen and oxygen atoms in total. The number of aliphatic hydroxyl groups excluding tert-OH is 1. The fraction of sp³-hybridized carbons (Fsp3) is 0.0938. The lowest BCUT2D eigenvalue weighted by Crippen LogP contribution is -2.25. The zero-order valence-electron chi connectivity index (χ0n) is 20.2. The van der Waals surface area contributed by atoms with Crippen LogP contribution in [0.25, 0.3) is 0 Å². The van der Waals surface area contributed by atoms with E-state index in [9.17, 15) is 9.90 Å². The number of pyridine rings is 1. The molecule has 0 saturated carbocycles. The van der Waals surface area contributed by atoms with Crippen molar-refractivity contribution >= 4 is 0 Å². The molecule has 0 saturated heterocycles. The molecular weight excluding hydrogens is 462 g/mol. The first-order valence-electron chi connectivity index (χ1n) is 12.1. The Bertz CT molecular complexity index is 1390. The zero-order valence-corrected chi connectivity index (χ0v) is 20.2. The van der Waals surface area contributed by atoms with E-state index in [0.717, 1.165) is 22.3 Å². The SMILES string of the molecule is O=c1cc(CO)n(OC(c2ccccc2)c2ccccc2)cc1OC(c1ccccc1)c1ccccc1. The van der Waals surface area contributed by atoms with E-state index in [1.54, 1.807) is 0 Å². The minimum Gasteiger partial charge on any atom is -0.475 e. The number of hydrogen-bond donors (Lipinski definition) is 1. The van der Waals surface area contributed by atoms with Crippen LogP contribution in [0.2, 0.25) is 0 Å². The summed E-state index contributed by atoms with van der Waals surface area (Å²) in [7, 11) is 0. The van der Waals surface area contributed by atoms with Crippen molar-refractivity contribution in [1.82, 2.24) is 4.73 Å². The molecule has 37 heavy (non-hydrogen) atoms. The summed E-state index contributed by atoms with van der Waals surface area (Å²) in [6, 6.07) is 40.5. The third-order valence-corrected chi connectivity index (χ3v) is 6.09. The Morgan fingerprint density at radius 3 is 1.43 bits per heavy atom. The van der Waals surface area contributed by atoms with Crippen molar-refractivity contribution < 1.29 is 14.7 Å². The van der Waals surface area contributed by atoms with Gasteiger partial charge in [-0.25, -0.2) is 0 Å². The number of benzene rings is 4. The standard InChI is InChI=1S/C32H27NO4/c34-23-28-21-29(35)30(36-31(24-13-5-1-6-14-24)25-15-7-2-8-16-25)22-33(28)37-32(26-17-9-3-10-18-26)27-19-11-4-12-20-27/h1-22,31-32,34H,23H2. The van der Waals surface area contributed by atoms with Crippen molar-refractivity contribution in [3.05, 3.63) is 172 Å². The van der Waals surface area contributed by atoms with Crippen molar-refractivity contribution in [3.63, 3.8) is 0 Å². The quantitative estimate of drug-likeness (QED) is 0.287. The molecule has 0 unspecified atom stereocenters. The van der Waals surface area contributed by atoms with Crippen LogP contribution in [-0.2, 0) is 6.61 Å². The van der Waals surface area contributed by atoms with Crippen LogP contribution in [0, 0.1) is 0 Å². The lowest BCUT2D eigenvalue weighted by atomic mass is 10.0. The van der Waals surface area contributed by atoms with E-state index >= 15 is 0 Å². The number of rotatable bonds is 9. The molecule has 1 aromatic heterocycles. The largest absolute Gasteiger partial charge is 0.475 e. The van der Waals surface area contributed by atoms with Crippen LogP contribution in [0.15, 0.2) is 138 Å². The third kappa shape index (κ3) is 5.63. The second-order valence-corrected chi connectivity index (χ2v) is 8.60. The van der Waals surface area contributed by atoms with Crippen LogP contribution in [0.1, 0.15) is 40.2 Å². The van der Waals surface area contributed by atoms with Gasteiger partial charge in [0.05, 0.1) is 18.5 Å². The Morgan fingerprint density at radius 1 is 0.622 bits per heavy atom. The first-order valence-corrected chi connectivity index (χ1v) is 12.1. The summed E-state index contributed by atoms with van der Waals surface area (Å²) in [5.74, 6) is 0.120. The highest BCUT2D eigenvalue weighted by atomic mass is 16.7. The molecule has 0 fully saturated rings. The molecule has 1 heterocycles. The maximum atomic E-state index is 13.1. The van der Waals surface area contributed by atoms with Gasteiger partial charge in [0.2, 0.25) is 5.43 Å². The summed E-state index contributed by atoms with van der Waals surface area (Å²) in [6.45, 7) is -0.368. The molecule has 0 aliphatic carbocycles. The summed E-state index contributed by atoms with van der Waals surface area (Å²) < 4.78 is 7.79. The van der Waals surface area contributed by atoms with Gasteiger partial charge in [-0.3, -0.25) is 4.79 Å². The van der Waals surface area contributed by atoms with Crippen LogP contribution < -0.4 is 15.0 Å². The summed E-state index contributed by atoms with van der Waals surface area (Å²) >= 11 is 0. The number of aliphatic hydroxyl groups is 1. The highest BCUT2D eigenvalue weighted by Crippen LogP contribution is 2.28. The Kier molecular flexibility index (Phi) is 7.44. The Morgan fingerprint density at radius 2 is 1.03 bits per heavy atom. The minimum absolute atomic E-state index is 0.120. The summed E-state index contributed by atoms with van der Waals surface area (Å²) in [5.41, 5.74) is 3.69. The average Bonchev–Trinajstić information content (AvgIpc) is 2.97. The second kappa shape index (κ2) is 11.4. The molecular formula is C32H27NO4. The second-order valence-electron chi connectivity index (χ2n) is 8.60. The molecule has 5 heteroatoms. The molecule has 5 aromatic rings. The van der Waals surface area contributed by atoms with Gasteiger partial charge in [-0.05, 0) is 22.3 Å². The van der Waals surface area contributed by atoms with Crippen LogP contribution >= 0.6 is 0 Å².